The Morgan fingerprint density at radius 2 is 2.20 bits per heavy atom. The number of Topliss-reactive ketones (excluding diaryl/α,β-unsaturated/α-hetero) is 1. The third-order valence-electron chi connectivity index (χ3n) is 4.36. The molecule has 2 aromatic rings. The first-order valence-corrected chi connectivity index (χ1v) is 7.26. The summed E-state index contributed by atoms with van der Waals surface area (Å²) in [7, 11) is 0. The van der Waals surface area contributed by atoms with E-state index in [1.807, 2.05) is 30.3 Å². The first kappa shape index (κ1) is 13.3. The zero-order valence-corrected chi connectivity index (χ0v) is 11.9. The van der Waals surface area contributed by atoms with Crippen LogP contribution in [0.2, 0.25) is 0 Å². The van der Waals surface area contributed by atoms with Crippen molar-refractivity contribution in [2.24, 2.45) is 5.41 Å². The molecular formula is C17H20N2O. The number of rotatable bonds is 3. The number of para-hydroxylation sites is 1. The number of pyridine rings is 1. The van der Waals surface area contributed by atoms with Crippen LogP contribution in [0, 0.1) is 5.41 Å². The fraction of sp³-hybridized carbons (Fsp3) is 0.412. The first-order valence-electron chi connectivity index (χ1n) is 7.26. The van der Waals surface area contributed by atoms with Gasteiger partial charge in [-0.25, -0.2) is 0 Å². The number of ketones is 1. The van der Waals surface area contributed by atoms with Gasteiger partial charge < -0.3 is 5.32 Å². The van der Waals surface area contributed by atoms with Gasteiger partial charge in [0.25, 0.3) is 0 Å². The molecule has 20 heavy (non-hydrogen) atoms. The Bertz CT molecular complexity index is 624. The molecule has 1 saturated heterocycles. The summed E-state index contributed by atoms with van der Waals surface area (Å²) >= 11 is 0. The number of nitrogens with zero attached hydrogens (tertiary/aromatic N) is 1. The molecule has 1 aliphatic heterocycles. The van der Waals surface area contributed by atoms with E-state index in [2.05, 4.69) is 17.2 Å². The molecule has 0 amide bonds. The van der Waals surface area contributed by atoms with E-state index in [1.54, 1.807) is 6.20 Å². The van der Waals surface area contributed by atoms with Crippen molar-refractivity contribution in [2.45, 2.75) is 26.2 Å². The van der Waals surface area contributed by atoms with E-state index in [0.717, 1.165) is 42.4 Å². The van der Waals surface area contributed by atoms with Crippen molar-refractivity contribution >= 4 is 16.7 Å². The van der Waals surface area contributed by atoms with E-state index in [0.29, 0.717) is 12.2 Å². The van der Waals surface area contributed by atoms with Crippen molar-refractivity contribution in [3.8, 4) is 0 Å². The third-order valence-corrected chi connectivity index (χ3v) is 4.36. The topological polar surface area (TPSA) is 42.0 Å². The van der Waals surface area contributed by atoms with Crippen LogP contribution < -0.4 is 5.32 Å². The number of aromatic nitrogens is 1. The molecule has 0 radical (unpaired) electrons. The van der Waals surface area contributed by atoms with Crippen LogP contribution in [0.1, 0.15) is 25.3 Å². The number of hydrogen-bond donors (Lipinski definition) is 1. The number of hydrogen-bond acceptors (Lipinski definition) is 3. The highest BCUT2D eigenvalue weighted by Gasteiger charge is 2.34. The highest BCUT2D eigenvalue weighted by Crippen LogP contribution is 2.29. The fourth-order valence-electron chi connectivity index (χ4n) is 2.99. The lowest BCUT2D eigenvalue weighted by atomic mass is 9.77. The predicted molar refractivity (Wildman–Crippen MR) is 80.7 cm³/mol. The molecule has 2 heterocycles. The zero-order chi connectivity index (χ0) is 14.0. The van der Waals surface area contributed by atoms with Crippen LogP contribution in [0.15, 0.2) is 36.5 Å². The standard InChI is InChI=1S/C17H20N2O/c1-17(8-4-9-18-12-17)16(20)11-13-7-10-19-15-6-3-2-5-14(13)15/h2-3,5-7,10,18H,4,8-9,11-12H2,1H3. The van der Waals surface area contributed by atoms with Gasteiger partial charge in [0, 0.05) is 30.0 Å². The van der Waals surface area contributed by atoms with Crippen LogP contribution in [-0.2, 0) is 11.2 Å². The van der Waals surface area contributed by atoms with E-state index in [4.69, 9.17) is 0 Å². The van der Waals surface area contributed by atoms with Gasteiger partial charge in [0.05, 0.1) is 5.52 Å². The van der Waals surface area contributed by atoms with Gasteiger partial charge in [0.2, 0.25) is 0 Å². The summed E-state index contributed by atoms with van der Waals surface area (Å²) in [6, 6.07) is 9.99. The van der Waals surface area contributed by atoms with Gasteiger partial charge >= 0.3 is 0 Å². The molecule has 3 nitrogen and oxygen atoms in total. The molecule has 1 aromatic heterocycles. The lowest BCUT2D eigenvalue weighted by molar-refractivity contribution is -0.128. The Labute approximate surface area is 119 Å². The van der Waals surface area contributed by atoms with Crippen LogP contribution >= 0.6 is 0 Å². The molecule has 3 heteroatoms. The van der Waals surface area contributed by atoms with Crippen molar-refractivity contribution in [1.29, 1.82) is 0 Å². The lowest BCUT2D eigenvalue weighted by Crippen LogP contribution is -2.44. The van der Waals surface area contributed by atoms with Gasteiger partial charge in [-0.05, 0) is 37.1 Å². The second-order valence-electron chi connectivity index (χ2n) is 5.93. The van der Waals surface area contributed by atoms with Gasteiger partial charge in [-0.3, -0.25) is 9.78 Å². The maximum atomic E-state index is 12.7. The molecule has 3 rings (SSSR count). The average Bonchev–Trinajstić information content (AvgIpc) is 2.48. The third kappa shape index (κ3) is 2.46. The van der Waals surface area contributed by atoms with E-state index in [-0.39, 0.29) is 5.41 Å². The van der Waals surface area contributed by atoms with Crippen LogP contribution in [0.3, 0.4) is 0 Å². The second-order valence-corrected chi connectivity index (χ2v) is 5.93. The minimum Gasteiger partial charge on any atom is -0.316 e. The minimum absolute atomic E-state index is 0.220. The normalized spacial score (nSPS) is 22.9. The zero-order valence-electron chi connectivity index (χ0n) is 11.9. The number of benzene rings is 1. The summed E-state index contributed by atoms with van der Waals surface area (Å²) < 4.78 is 0. The maximum absolute atomic E-state index is 12.7. The predicted octanol–water partition coefficient (Wildman–Crippen LogP) is 2.74. The minimum atomic E-state index is -0.220. The second kappa shape index (κ2) is 5.33. The lowest BCUT2D eigenvalue weighted by Gasteiger charge is -2.32. The summed E-state index contributed by atoms with van der Waals surface area (Å²) in [4.78, 5) is 17.0. The van der Waals surface area contributed by atoms with Crippen molar-refractivity contribution in [2.75, 3.05) is 13.1 Å². The summed E-state index contributed by atoms with van der Waals surface area (Å²) in [6.07, 6.45) is 4.37. The monoisotopic (exact) mass is 268 g/mol. The Morgan fingerprint density at radius 3 is 3.00 bits per heavy atom. The van der Waals surface area contributed by atoms with Crippen LogP contribution in [0.4, 0.5) is 0 Å². The molecule has 0 bridgehead atoms. The van der Waals surface area contributed by atoms with E-state index >= 15 is 0 Å². The summed E-state index contributed by atoms with van der Waals surface area (Å²) in [5, 5.41) is 4.44. The number of nitrogens with one attached hydrogen (secondary N) is 1. The molecular weight excluding hydrogens is 248 g/mol. The van der Waals surface area contributed by atoms with Gasteiger partial charge in [0.1, 0.15) is 5.78 Å². The summed E-state index contributed by atoms with van der Waals surface area (Å²) in [5.74, 6) is 0.334. The molecule has 1 aromatic carbocycles. The number of piperidine rings is 1. The molecule has 1 fully saturated rings. The number of carbonyl (C=O) groups excluding carboxylic acids is 1. The average molecular weight is 268 g/mol. The molecule has 0 spiro atoms. The van der Waals surface area contributed by atoms with Crippen LogP contribution in [0.25, 0.3) is 10.9 Å². The quantitative estimate of drug-likeness (QED) is 0.930. The van der Waals surface area contributed by atoms with Crippen molar-refractivity contribution in [1.82, 2.24) is 10.3 Å². The van der Waals surface area contributed by atoms with Gasteiger partial charge in [-0.15, -0.1) is 0 Å². The van der Waals surface area contributed by atoms with Crippen molar-refractivity contribution < 1.29 is 4.79 Å². The van der Waals surface area contributed by atoms with Crippen LogP contribution in [0.5, 0.6) is 0 Å². The Kier molecular flexibility index (Phi) is 3.53. The smallest absolute Gasteiger partial charge is 0.144 e. The van der Waals surface area contributed by atoms with E-state index in [1.165, 1.54) is 0 Å². The molecule has 104 valence electrons. The highest BCUT2D eigenvalue weighted by molar-refractivity contribution is 5.91. The van der Waals surface area contributed by atoms with Gasteiger partial charge in [-0.1, -0.05) is 25.1 Å². The molecule has 0 saturated carbocycles. The molecule has 0 aliphatic carbocycles. The number of fused-ring (bicyclic) bond motifs is 1. The van der Waals surface area contributed by atoms with Crippen molar-refractivity contribution in [3.63, 3.8) is 0 Å². The van der Waals surface area contributed by atoms with Gasteiger partial charge in [-0.2, -0.15) is 0 Å². The fourth-order valence-corrected chi connectivity index (χ4v) is 2.99. The largest absolute Gasteiger partial charge is 0.316 e. The molecule has 1 atom stereocenters. The molecule has 1 N–H and O–H groups in total. The molecule has 1 unspecified atom stereocenters. The SMILES string of the molecule is CC1(C(=O)Cc2ccnc3ccccc23)CCCNC1. The molecule has 1 aliphatic rings. The van der Waals surface area contributed by atoms with E-state index < -0.39 is 0 Å². The van der Waals surface area contributed by atoms with Crippen molar-refractivity contribution in [3.05, 3.63) is 42.1 Å². The highest BCUT2D eigenvalue weighted by atomic mass is 16.1. The van der Waals surface area contributed by atoms with E-state index in [9.17, 15) is 4.79 Å². The first-order chi connectivity index (χ1) is 9.69. The number of carbonyl (C=O) groups is 1. The Hall–Kier alpha value is -1.74. The summed E-state index contributed by atoms with van der Waals surface area (Å²) in [5.41, 5.74) is 1.83. The van der Waals surface area contributed by atoms with Crippen LogP contribution in [-0.4, -0.2) is 23.9 Å². The Morgan fingerprint density at radius 1 is 1.35 bits per heavy atom. The Balaban J connectivity index is 1.87. The van der Waals surface area contributed by atoms with Gasteiger partial charge in [0.15, 0.2) is 0 Å². The summed E-state index contributed by atoms with van der Waals surface area (Å²) in [6.45, 7) is 3.92. The maximum Gasteiger partial charge on any atom is 0.144 e.